The van der Waals surface area contributed by atoms with E-state index in [1.54, 1.807) is 4.57 Å². The summed E-state index contributed by atoms with van der Waals surface area (Å²) in [5.41, 5.74) is 6.59. The Kier molecular flexibility index (Phi) is 11.6. The van der Waals surface area contributed by atoms with Crippen molar-refractivity contribution in [1.82, 2.24) is 24.8 Å². The molecule has 3 heterocycles. The smallest absolute Gasteiger partial charge is 0.306 e. The monoisotopic (exact) mass is 754 g/mol. The molecule has 0 spiro atoms. The van der Waals surface area contributed by atoms with Crippen LogP contribution in [0.3, 0.4) is 0 Å². The molecule has 2 aromatic heterocycles. The average molecular weight is 755 g/mol. The lowest BCUT2D eigenvalue weighted by Crippen LogP contribution is -2.62. The summed E-state index contributed by atoms with van der Waals surface area (Å²) in [6.07, 6.45) is 9.85. The molecule has 4 saturated carbocycles. The minimum Gasteiger partial charge on any atom is -0.457 e. The van der Waals surface area contributed by atoms with Crippen molar-refractivity contribution in [2.24, 2.45) is 46.3 Å². The van der Waals surface area contributed by atoms with Gasteiger partial charge in [0.2, 0.25) is 5.91 Å². The maximum Gasteiger partial charge on any atom is 0.306 e. The third-order valence-electron chi connectivity index (χ3n) is 15.0. The first-order valence-corrected chi connectivity index (χ1v) is 20.5. The Bertz CT molecular complexity index is 1640. The van der Waals surface area contributed by atoms with Crippen LogP contribution in [-0.4, -0.2) is 95.5 Å². The van der Waals surface area contributed by atoms with Gasteiger partial charge in [-0.05, 0) is 111 Å². The highest BCUT2D eigenvalue weighted by molar-refractivity contribution is 5.81. The van der Waals surface area contributed by atoms with Crippen LogP contribution in [0, 0.1) is 46.3 Å². The Balaban J connectivity index is 0.826. The SMILES string of the molecule is C[C@H](CCC(=O)NCCCCCC(=O)O[C@@H]1C[C@@H](CO)O[C@H]1n1cnc2c(N)ncnc21)[C@H]1CC[C@H]2[C@@H]3[C@H](O)C[C@@H]4C[C@H](O)CC[C@]4(C)[C@H]3C[C@H](O)[C@]12C. The first kappa shape index (κ1) is 39.3. The van der Waals surface area contributed by atoms with Crippen LogP contribution in [0.1, 0.15) is 117 Å². The summed E-state index contributed by atoms with van der Waals surface area (Å²) < 4.78 is 13.4. The van der Waals surface area contributed by atoms with Crippen molar-refractivity contribution in [2.75, 3.05) is 18.9 Å². The number of hydrogen-bond donors (Lipinski definition) is 6. The second-order valence-corrected chi connectivity index (χ2v) is 17.9. The number of carbonyl (C=O) groups is 2. The van der Waals surface area contributed by atoms with Crippen LogP contribution >= 0.6 is 0 Å². The topological polar surface area (TPSA) is 215 Å². The van der Waals surface area contributed by atoms with Gasteiger partial charge in [-0.25, -0.2) is 15.0 Å². The molecule has 0 bridgehead atoms. The van der Waals surface area contributed by atoms with Gasteiger partial charge in [-0.15, -0.1) is 0 Å². The van der Waals surface area contributed by atoms with Crippen molar-refractivity contribution in [3.63, 3.8) is 0 Å². The highest BCUT2D eigenvalue weighted by atomic mass is 16.6. The van der Waals surface area contributed by atoms with Gasteiger partial charge in [0.1, 0.15) is 17.9 Å². The fourth-order valence-corrected chi connectivity index (χ4v) is 12.0. The third kappa shape index (κ3) is 7.26. The number of nitrogens with zero attached hydrogens (tertiary/aromatic N) is 4. The molecule has 14 atom stereocenters. The highest BCUT2D eigenvalue weighted by Crippen LogP contribution is 2.68. The van der Waals surface area contributed by atoms with E-state index in [1.807, 2.05) is 0 Å². The van der Waals surface area contributed by atoms with Crippen LogP contribution in [0.4, 0.5) is 5.82 Å². The van der Waals surface area contributed by atoms with Gasteiger partial charge >= 0.3 is 5.97 Å². The first-order valence-electron chi connectivity index (χ1n) is 20.5. The Hall–Kier alpha value is -2.91. The van der Waals surface area contributed by atoms with Crippen LogP contribution in [0.5, 0.6) is 0 Å². The van der Waals surface area contributed by atoms with Crippen molar-refractivity contribution in [3.05, 3.63) is 12.7 Å². The van der Waals surface area contributed by atoms with Crippen LogP contribution < -0.4 is 11.1 Å². The molecule has 7 rings (SSSR count). The van der Waals surface area contributed by atoms with Crippen molar-refractivity contribution >= 4 is 28.9 Å². The number of unbranched alkanes of at least 4 members (excludes halogenated alkanes) is 2. The fourth-order valence-electron chi connectivity index (χ4n) is 12.0. The van der Waals surface area contributed by atoms with Crippen LogP contribution in [0.2, 0.25) is 0 Å². The van der Waals surface area contributed by atoms with E-state index in [-0.39, 0.29) is 77.4 Å². The Morgan fingerprint density at radius 3 is 2.65 bits per heavy atom. The molecule has 1 saturated heterocycles. The highest BCUT2D eigenvalue weighted by Gasteiger charge is 2.65. The van der Waals surface area contributed by atoms with E-state index < -0.39 is 24.5 Å². The van der Waals surface area contributed by atoms with E-state index in [0.717, 1.165) is 57.8 Å². The molecule has 0 unspecified atom stereocenters. The standard InChI is InChI=1S/C40H62N6O8/c1-22(26-9-10-27-34-28(18-31(50)40(26,27)3)39(2)13-12-24(48)15-23(39)16-29(34)49)8-11-32(51)42-14-6-4-5-7-33(52)54-30-17-25(19-47)53-38(30)46-21-45-35-36(41)43-20-44-37(35)46/h20-31,34,38,47-50H,4-19H2,1-3H3,(H,42,51)(H2,41,43,44)/t22-,23+,24-,25+,26-,27+,28+,29-,30-,31+,34+,38-,39+,40-/m1/s1. The van der Waals surface area contributed by atoms with Gasteiger partial charge in [-0.1, -0.05) is 27.2 Å². The van der Waals surface area contributed by atoms with E-state index in [4.69, 9.17) is 15.2 Å². The number of hydrogen-bond acceptors (Lipinski definition) is 12. The third-order valence-corrected chi connectivity index (χ3v) is 15.0. The van der Waals surface area contributed by atoms with Gasteiger partial charge in [-0.3, -0.25) is 14.2 Å². The number of aliphatic hydroxyl groups excluding tert-OH is 4. The second kappa shape index (κ2) is 15.9. The number of carbonyl (C=O) groups excluding carboxylic acids is 2. The summed E-state index contributed by atoms with van der Waals surface area (Å²) in [5.74, 6) is 1.51. The number of aromatic nitrogens is 4. The van der Waals surface area contributed by atoms with Crippen molar-refractivity contribution < 1.29 is 39.5 Å². The zero-order chi connectivity index (χ0) is 38.4. The van der Waals surface area contributed by atoms with Crippen molar-refractivity contribution in [1.29, 1.82) is 0 Å². The van der Waals surface area contributed by atoms with Gasteiger partial charge in [0.25, 0.3) is 0 Å². The largest absolute Gasteiger partial charge is 0.457 e. The number of nitrogen functional groups attached to an aromatic ring is 1. The van der Waals surface area contributed by atoms with Crippen LogP contribution in [0.25, 0.3) is 11.2 Å². The summed E-state index contributed by atoms with van der Waals surface area (Å²) in [4.78, 5) is 38.2. The number of aliphatic hydroxyl groups is 4. The van der Waals surface area contributed by atoms with Crippen molar-refractivity contribution in [2.45, 2.75) is 147 Å². The number of nitrogens with one attached hydrogen (secondary N) is 1. The number of imidazole rings is 1. The van der Waals surface area contributed by atoms with Gasteiger partial charge in [0.05, 0.1) is 37.4 Å². The predicted molar refractivity (Wildman–Crippen MR) is 199 cm³/mol. The molecule has 54 heavy (non-hydrogen) atoms. The molecule has 300 valence electrons. The number of rotatable bonds is 13. The molecule has 0 aromatic carbocycles. The van der Waals surface area contributed by atoms with Gasteiger partial charge in [0.15, 0.2) is 17.7 Å². The minimum atomic E-state index is -0.698. The van der Waals surface area contributed by atoms with Gasteiger partial charge in [0, 0.05) is 25.8 Å². The summed E-state index contributed by atoms with van der Waals surface area (Å²) in [6.45, 7) is 7.18. The van der Waals surface area contributed by atoms with E-state index in [0.29, 0.717) is 55.2 Å². The maximum absolute atomic E-state index is 12.9. The number of ether oxygens (including phenoxy) is 2. The average Bonchev–Trinajstić information content (AvgIpc) is 3.86. The normalized spacial score (nSPS) is 39.4. The summed E-state index contributed by atoms with van der Waals surface area (Å²) in [5, 5.41) is 46.6. The lowest BCUT2D eigenvalue weighted by molar-refractivity contribution is -0.207. The molecule has 1 amide bonds. The lowest BCUT2D eigenvalue weighted by Gasteiger charge is -2.63. The molecule has 2 aromatic rings. The zero-order valence-electron chi connectivity index (χ0n) is 32.2. The summed E-state index contributed by atoms with van der Waals surface area (Å²) in [6, 6.07) is 0. The molecule has 1 aliphatic heterocycles. The van der Waals surface area contributed by atoms with E-state index >= 15 is 0 Å². The maximum atomic E-state index is 12.9. The number of nitrogens with two attached hydrogens (primary N) is 1. The quantitative estimate of drug-likeness (QED) is 0.128. The predicted octanol–water partition coefficient (Wildman–Crippen LogP) is 3.65. The molecule has 5 aliphatic rings. The molecule has 4 aliphatic carbocycles. The van der Waals surface area contributed by atoms with Crippen LogP contribution in [0.15, 0.2) is 12.7 Å². The number of amides is 1. The first-order chi connectivity index (χ1) is 25.8. The van der Waals surface area contributed by atoms with Crippen LogP contribution in [-0.2, 0) is 19.1 Å². The fraction of sp³-hybridized carbons (Fsp3) is 0.825. The van der Waals surface area contributed by atoms with Crippen molar-refractivity contribution in [3.8, 4) is 0 Å². The Morgan fingerprint density at radius 1 is 1.04 bits per heavy atom. The molecular weight excluding hydrogens is 692 g/mol. The molecule has 0 radical (unpaired) electrons. The molecule has 7 N–H and O–H groups in total. The number of fused-ring (bicyclic) bond motifs is 6. The molecule has 14 heteroatoms. The number of esters is 1. The van der Waals surface area contributed by atoms with E-state index in [9.17, 15) is 30.0 Å². The van der Waals surface area contributed by atoms with Gasteiger partial charge < -0.3 is 41.0 Å². The second-order valence-electron chi connectivity index (χ2n) is 17.9. The zero-order valence-corrected chi connectivity index (χ0v) is 32.2. The lowest BCUT2D eigenvalue weighted by atomic mass is 9.43. The van der Waals surface area contributed by atoms with Gasteiger partial charge in [-0.2, -0.15) is 0 Å². The molecular formula is C40H62N6O8. The van der Waals surface area contributed by atoms with E-state index in [1.165, 1.54) is 12.7 Å². The Morgan fingerprint density at radius 2 is 1.85 bits per heavy atom. The minimum absolute atomic E-state index is 0.0242. The Labute approximate surface area is 318 Å². The molecule has 14 nitrogen and oxygen atoms in total. The van der Waals surface area contributed by atoms with E-state index in [2.05, 4.69) is 41.0 Å². The molecule has 5 fully saturated rings. The number of anilines is 1. The summed E-state index contributed by atoms with van der Waals surface area (Å²) >= 11 is 0. The summed E-state index contributed by atoms with van der Waals surface area (Å²) in [7, 11) is 0.